The third-order valence-corrected chi connectivity index (χ3v) is 3.23. The molecule has 0 fully saturated rings. The van der Waals surface area contributed by atoms with Crippen LogP contribution in [0.4, 0.5) is 0 Å². The molecule has 19 heavy (non-hydrogen) atoms. The van der Waals surface area contributed by atoms with Crippen molar-refractivity contribution in [3.8, 4) is 5.69 Å². The van der Waals surface area contributed by atoms with E-state index in [9.17, 15) is 4.79 Å². The summed E-state index contributed by atoms with van der Waals surface area (Å²) < 4.78 is 2.63. The lowest BCUT2D eigenvalue weighted by molar-refractivity contribution is 0.0767. The van der Waals surface area contributed by atoms with Crippen molar-refractivity contribution in [3.63, 3.8) is 0 Å². The van der Waals surface area contributed by atoms with Gasteiger partial charge in [0.1, 0.15) is 0 Å². The number of halogens is 1. The maximum Gasteiger partial charge on any atom is 0.256 e. The van der Waals surface area contributed by atoms with Crippen LogP contribution in [0.25, 0.3) is 5.69 Å². The number of aromatic nitrogens is 2. The zero-order valence-electron chi connectivity index (χ0n) is 10.5. The highest BCUT2D eigenvalue weighted by molar-refractivity contribution is 9.10. The van der Waals surface area contributed by atoms with Crippen molar-refractivity contribution in [2.45, 2.75) is 0 Å². The summed E-state index contributed by atoms with van der Waals surface area (Å²) in [7, 11) is 1.65. The molecule has 0 aliphatic heterocycles. The highest BCUT2D eigenvalue weighted by atomic mass is 79.9. The molecule has 2 aromatic rings. The molecule has 1 aromatic heterocycles. The standard InChI is InChI=1S/C13H14BrN3O2/c1-16(6-7-18)13(19)10-8-15-17(9-10)12-4-2-11(14)3-5-12/h2-5,8-9,18H,6-7H2,1H3. The second-order valence-electron chi connectivity index (χ2n) is 4.10. The third-order valence-electron chi connectivity index (χ3n) is 2.70. The molecule has 0 unspecified atom stereocenters. The van der Waals surface area contributed by atoms with Crippen LogP contribution in [-0.2, 0) is 0 Å². The average molecular weight is 324 g/mol. The summed E-state index contributed by atoms with van der Waals surface area (Å²) in [5, 5.41) is 13.0. The SMILES string of the molecule is CN(CCO)C(=O)c1cnn(-c2ccc(Br)cc2)c1. The predicted molar refractivity (Wildman–Crippen MR) is 75.3 cm³/mol. The predicted octanol–water partition coefficient (Wildman–Crippen LogP) is 1.70. The maximum atomic E-state index is 12.0. The third kappa shape index (κ3) is 3.21. The molecule has 100 valence electrons. The number of benzene rings is 1. The quantitative estimate of drug-likeness (QED) is 0.931. The minimum Gasteiger partial charge on any atom is -0.395 e. The van der Waals surface area contributed by atoms with Crippen molar-refractivity contribution < 1.29 is 9.90 Å². The molecule has 0 saturated heterocycles. The van der Waals surface area contributed by atoms with Crippen LogP contribution < -0.4 is 0 Å². The van der Waals surface area contributed by atoms with E-state index < -0.39 is 0 Å². The van der Waals surface area contributed by atoms with Gasteiger partial charge in [-0.25, -0.2) is 4.68 Å². The largest absolute Gasteiger partial charge is 0.395 e. The molecule has 1 aromatic carbocycles. The fourth-order valence-electron chi connectivity index (χ4n) is 1.64. The highest BCUT2D eigenvalue weighted by Crippen LogP contribution is 2.14. The first-order valence-corrected chi connectivity index (χ1v) is 6.58. The van der Waals surface area contributed by atoms with Crippen molar-refractivity contribution in [2.75, 3.05) is 20.2 Å². The van der Waals surface area contributed by atoms with Gasteiger partial charge in [-0.05, 0) is 24.3 Å². The van der Waals surface area contributed by atoms with Crippen molar-refractivity contribution in [1.82, 2.24) is 14.7 Å². The summed E-state index contributed by atoms with van der Waals surface area (Å²) in [6, 6.07) is 7.64. The summed E-state index contributed by atoms with van der Waals surface area (Å²) >= 11 is 3.37. The molecule has 0 atom stereocenters. The van der Waals surface area contributed by atoms with Gasteiger partial charge < -0.3 is 10.0 Å². The number of hydrogen-bond acceptors (Lipinski definition) is 3. The lowest BCUT2D eigenvalue weighted by Gasteiger charge is -2.13. The van der Waals surface area contributed by atoms with Crippen LogP contribution in [-0.4, -0.2) is 45.9 Å². The molecule has 1 heterocycles. The molecule has 1 N–H and O–H groups in total. The van der Waals surface area contributed by atoms with E-state index >= 15 is 0 Å². The molecule has 6 heteroatoms. The topological polar surface area (TPSA) is 58.4 Å². The van der Waals surface area contributed by atoms with Gasteiger partial charge in [-0.2, -0.15) is 5.10 Å². The first-order chi connectivity index (χ1) is 9.11. The lowest BCUT2D eigenvalue weighted by Crippen LogP contribution is -2.29. The van der Waals surface area contributed by atoms with Crippen LogP contribution in [0.15, 0.2) is 41.1 Å². The van der Waals surface area contributed by atoms with Gasteiger partial charge in [0, 0.05) is 24.3 Å². The number of carbonyl (C=O) groups excluding carboxylic acids is 1. The Bertz CT molecular complexity index is 566. The number of amides is 1. The Morgan fingerprint density at radius 2 is 2.11 bits per heavy atom. The molecular formula is C13H14BrN3O2. The summed E-state index contributed by atoms with van der Waals surface area (Å²) in [6.07, 6.45) is 3.21. The van der Waals surface area contributed by atoms with Gasteiger partial charge in [0.2, 0.25) is 0 Å². The smallest absolute Gasteiger partial charge is 0.256 e. The lowest BCUT2D eigenvalue weighted by atomic mass is 10.3. The number of aliphatic hydroxyl groups excluding tert-OH is 1. The van der Waals surface area contributed by atoms with Gasteiger partial charge >= 0.3 is 0 Å². The monoisotopic (exact) mass is 323 g/mol. The fraction of sp³-hybridized carbons (Fsp3) is 0.231. The summed E-state index contributed by atoms with van der Waals surface area (Å²) in [4.78, 5) is 13.4. The summed E-state index contributed by atoms with van der Waals surface area (Å²) in [6.45, 7) is 0.255. The number of hydrogen-bond donors (Lipinski definition) is 1. The van der Waals surface area contributed by atoms with E-state index in [1.165, 1.54) is 11.1 Å². The van der Waals surface area contributed by atoms with Gasteiger partial charge in [-0.15, -0.1) is 0 Å². The van der Waals surface area contributed by atoms with E-state index in [0.717, 1.165) is 10.2 Å². The molecule has 0 bridgehead atoms. The Morgan fingerprint density at radius 3 is 2.74 bits per heavy atom. The highest BCUT2D eigenvalue weighted by Gasteiger charge is 2.13. The van der Waals surface area contributed by atoms with Crippen LogP contribution in [0.1, 0.15) is 10.4 Å². The molecule has 0 saturated carbocycles. The minimum absolute atomic E-state index is 0.0525. The van der Waals surface area contributed by atoms with Crippen molar-refractivity contribution in [3.05, 3.63) is 46.7 Å². The first-order valence-electron chi connectivity index (χ1n) is 5.79. The van der Waals surface area contributed by atoms with Gasteiger partial charge in [0.15, 0.2) is 0 Å². The van der Waals surface area contributed by atoms with Crippen LogP contribution in [0.5, 0.6) is 0 Å². The molecule has 2 rings (SSSR count). The van der Waals surface area contributed by atoms with Crippen molar-refractivity contribution >= 4 is 21.8 Å². The van der Waals surface area contributed by atoms with Crippen LogP contribution in [0.2, 0.25) is 0 Å². The molecule has 0 aliphatic carbocycles. The molecular weight excluding hydrogens is 310 g/mol. The molecule has 0 radical (unpaired) electrons. The van der Waals surface area contributed by atoms with E-state index in [1.807, 2.05) is 24.3 Å². The Kier molecular flexibility index (Phi) is 4.34. The van der Waals surface area contributed by atoms with Crippen LogP contribution in [0.3, 0.4) is 0 Å². The molecule has 0 aliphatic rings. The van der Waals surface area contributed by atoms with Crippen LogP contribution in [0, 0.1) is 0 Å². The summed E-state index contributed by atoms with van der Waals surface area (Å²) in [5.41, 5.74) is 1.38. The first kappa shape index (κ1) is 13.8. The number of carbonyl (C=O) groups is 1. The van der Waals surface area contributed by atoms with Crippen LogP contribution >= 0.6 is 15.9 Å². The fourth-order valence-corrected chi connectivity index (χ4v) is 1.90. The van der Waals surface area contributed by atoms with E-state index in [-0.39, 0.29) is 12.5 Å². The minimum atomic E-state index is -0.155. The number of likely N-dealkylation sites (N-methyl/N-ethyl adjacent to an activating group) is 1. The van der Waals surface area contributed by atoms with Gasteiger partial charge in [0.05, 0.1) is 24.1 Å². The average Bonchev–Trinajstić information content (AvgIpc) is 2.88. The van der Waals surface area contributed by atoms with E-state index in [1.54, 1.807) is 17.9 Å². The maximum absolute atomic E-state index is 12.0. The second-order valence-corrected chi connectivity index (χ2v) is 5.02. The molecule has 5 nitrogen and oxygen atoms in total. The number of rotatable bonds is 4. The zero-order valence-corrected chi connectivity index (χ0v) is 12.0. The Labute approximate surface area is 119 Å². The summed E-state index contributed by atoms with van der Waals surface area (Å²) in [5.74, 6) is -0.155. The number of nitrogens with zero attached hydrogens (tertiary/aromatic N) is 3. The van der Waals surface area contributed by atoms with E-state index in [4.69, 9.17) is 5.11 Å². The molecule has 0 spiro atoms. The second kappa shape index (κ2) is 5.99. The zero-order chi connectivity index (χ0) is 13.8. The van der Waals surface area contributed by atoms with E-state index in [2.05, 4.69) is 21.0 Å². The Balaban J connectivity index is 2.19. The van der Waals surface area contributed by atoms with Crippen molar-refractivity contribution in [1.29, 1.82) is 0 Å². The van der Waals surface area contributed by atoms with Gasteiger partial charge in [-0.1, -0.05) is 15.9 Å². The Morgan fingerprint density at radius 1 is 1.42 bits per heavy atom. The van der Waals surface area contributed by atoms with Gasteiger partial charge in [-0.3, -0.25) is 4.79 Å². The number of aliphatic hydroxyl groups is 1. The molecule has 1 amide bonds. The Hall–Kier alpha value is -1.66. The normalized spacial score (nSPS) is 10.5. The van der Waals surface area contributed by atoms with E-state index in [0.29, 0.717) is 12.1 Å². The van der Waals surface area contributed by atoms with Gasteiger partial charge in [0.25, 0.3) is 5.91 Å². The van der Waals surface area contributed by atoms with Crippen molar-refractivity contribution in [2.24, 2.45) is 0 Å².